The van der Waals surface area contributed by atoms with Crippen LogP contribution in [0.1, 0.15) is 27.8 Å². The predicted molar refractivity (Wildman–Crippen MR) is 115 cm³/mol. The Morgan fingerprint density at radius 2 is 1.52 bits per heavy atom. The fourth-order valence-electron chi connectivity index (χ4n) is 3.40. The number of ether oxygens (including phenoxy) is 5. The molecule has 0 radical (unpaired) electrons. The second-order valence-electron chi connectivity index (χ2n) is 6.38. The number of pyridine rings is 1. The molecule has 0 unspecified atom stereocenters. The van der Waals surface area contributed by atoms with Crippen LogP contribution in [-0.2, 0) is 4.74 Å². The van der Waals surface area contributed by atoms with Gasteiger partial charge in [0, 0.05) is 17.0 Å². The first-order valence-corrected chi connectivity index (χ1v) is 9.47. The van der Waals surface area contributed by atoms with Crippen LogP contribution in [0, 0.1) is 0 Å². The first-order valence-electron chi connectivity index (χ1n) is 9.47. The molecule has 0 bridgehead atoms. The number of hydrogen-bond donors (Lipinski definition) is 0. The van der Waals surface area contributed by atoms with E-state index in [1.54, 1.807) is 37.3 Å². The molecule has 8 heteroatoms. The lowest BCUT2D eigenvalue weighted by Crippen LogP contribution is -2.12. The van der Waals surface area contributed by atoms with E-state index >= 15 is 0 Å². The predicted octanol–water partition coefficient (Wildman–Crippen LogP) is 3.93. The highest BCUT2D eigenvalue weighted by atomic mass is 16.5. The van der Waals surface area contributed by atoms with E-state index in [1.165, 1.54) is 28.4 Å². The molecule has 8 nitrogen and oxygen atoms in total. The van der Waals surface area contributed by atoms with E-state index < -0.39 is 5.97 Å². The number of esters is 1. The van der Waals surface area contributed by atoms with Gasteiger partial charge in [-0.25, -0.2) is 9.78 Å². The van der Waals surface area contributed by atoms with Crippen LogP contribution in [-0.4, -0.2) is 52.3 Å². The molecule has 0 fully saturated rings. The van der Waals surface area contributed by atoms with Crippen molar-refractivity contribution in [2.24, 2.45) is 0 Å². The average Bonchev–Trinajstić information content (AvgIpc) is 2.81. The lowest BCUT2D eigenvalue weighted by Gasteiger charge is -2.17. The number of hydrogen-bond acceptors (Lipinski definition) is 8. The van der Waals surface area contributed by atoms with Crippen molar-refractivity contribution in [3.8, 4) is 34.1 Å². The molecule has 0 saturated heterocycles. The second-order valence-corrected chi connectivity index (χ2v) is 6.38. The number of aldehydes is 1. The number of fused-ring (bicyclic) bond motifs is 1. The van der Waals surface area contributed by atoms with Crippen molar-refractivity contribution in [3.05, 3.63) is 41.6 Å². The van der Waals surface area contributed by atoms with Gasteiger partial charge in [-0.05, 0) is 30.7 Å². The minimum Gasteiger partial charge on any atom is -0.493 e. The third-order valence-electron chi connectivity index (χ3n) is 4.78. The van der Waals surface area contributed by atoms with Crippen molar-refractivity contribution >= 4 is 23.2 Å². The highest BCUT2D eigenvalue weighted by Crippen LogP contribution is 2.41. The van der Waals surface area contributed by atoms with E-state index in [0.29, 0.717) is 51.3 Å². The molecule has 0 amide bonds. The van der Waals surface area contributed by atoms with Crippen molar-refractivity contribution in [2.45, 2.75) is 6.92 Å². The highest BCUT2D eigenvalue weighted by Gasteiger charge is 2.25. The zero-order valence-corrected chi connectivity index (χ0v) is 18.0. The summed E-state index contributed by atoms with van der Waals surface area (Å²) in [5, 5.41) is 0.582. The standard InChI is InChI=1S/C23H23NO7/c1-6-31-23(26)22-16(12-25)24-15-11-20(30-5)19(29-4)10-14(15)21(22)13-7-8-17(27-2)18(9-13)28-3/h7-12H,6H2,1-5H3. The van der Waals surface area contributed by atoms with Gasteiger partial charge in [0.15, 0.2) is 29.3 Å². The van der Waals surface area contributed by atoms with Gasteiger partial charge in [0.1, 0.15) is 5.69 Å². The van der Waals surface area contributed by atoms with Crippen molar-refractivity contribution in [2.75, 3.05) is 35.0 Å². The van der Waals surface area contributed by atoms with Crippen LogP contribution in [0.3, 0.4) is 0 Å². The van der Waals surface area contributed by atoms with E-state index in [4.69, 9.17) is 23.7 Å². The summed E-state index contributed by atoms with van der Waals surface area (Å²) in [7, 11) is 6.07. The van der Waals surface area contributed by atoms with Gasteiger partial charge in [-0.2, -0.15) is 0 Å². The first kappa shape index (κ1) is 21.9. The molecule has 3 aromatic rings. The normalized spacial score (nSPS) is 10.5. The van der Waals surface area contributed by atoms with E-state index in [2.05, 4.69) is 4.98 Å². The van der Waals surface area contributed by atoms with Gasteiger partial charge in [-0.1, -0.05) is 6.07 Å². The number of carbonyl (C=O) groups is 2. The summed E-state index contributed by atoms with van der Waals surface area (Å²) in [5.41, 5.74) is 1.56. The molecule has 3 rings (SSSR count). The maximum Gasteiger partial charge on any atom is 0.341 e. The monoisotopic (exact) mass is 425 g/mol. The quantitative estimate of drug-likeness (QED) is 0.396. The Labute approximate surface area is 179 Å². The Morgan fingerprint density at radius 3 is 2.10 bits per heavy atom. The number of carbonyl (C=O) groups excluding carboxylic acids is 2. The highest BCUT2D eigenvalue weighted by molar-refractivity contribution is 6.12. The maximum absolute atomic E-state index is 12.9. The molecular weight excluding hydrogens is 402 g/mol. The minimum atomic E-state index is -0.654. The van der Waals surface area contributed by atoms with Gasteiger partial charge >= 0.3 is 5.97 Å². The first-order chi connectivity index (χ1) is 15.0. The molecule has 1 heterocycles. The summed E-state index contributed by atoms with van der Waals surface area (Å²) in [4.78, 5) is 29.2. The summed E-state index contributed by atoms with van der Waals surface area (Å²) in [6.07, 6.45) is 0.534. The SMILES string of the molecule is CCOC(=O)c1c(C=O)nc2cc(OC)c(OC)cc2c1-c1ccc(OC)c(OC)c1. The van der Waals surface area contributed by atoms with Gasteiger partial charge in [0.2, 0.25) is 0 Å². The van der Waals surface area contributed by atoms with E-state index in [9.17, 15) is 9.59 Å². The fourth-order valence-corrected chi connectivity index (χ4v) is 3.40. The maximum atomic E-state index is 12.9. The average molecular weight is 425 g/mol. The van der Waals surface area contributed by atoms with E-state index in [0.717, 1.165) is 0 Å². The van der Waals surface area contributed by atoms with Gasteiger partial charge in [-0.3, -0.25) is 4.79 Å². The Morgan fingerprint density at radius 1 is 0.903 bits per heavy atom. The van der Waals surface area contributed by atoms with Crippen LogP contribution >= 0.6 is 0 Å². The Hall–Kier alpha value is -3.81. The topological polar surface area (TPSA) is 93.2 Å². The summed E-state index contributed by atoms with van der Waals surface area (Å²) < 4.78 is 26.8. The largest absolute Gasteiger partial charge is 0.493 e. The van der Waals surface area contributed by atoms with Crippen molar-refractivity contribution in [1.82, 2.24) is 4.98 Å². The van der Waals surface area contributed by atoms with Gasteiger partial charge in [0.25, 0.3) is 0 Å². The molecule has 0 saturated carbocycles. The fraction of sp³-hybridized carbons (Fsp3) is 0.261. The number of nitrogens with zero attached hydrogens (tertiary/aromatic N) is 1. The Kier molecular flexibility index (Phi) is 6.59. The number of aromatic nitrogens is 1. The van der Waals surface area contributed by atoms with Gasteiger partial charge in [-0.15, -0.1) is 0 Å². The molecule has 0 aliphatic rings. The van der Waals surface area contributed by atoms with Crippen LogP contribution in [0.5, 0.6) is 23.0 Å². The minimum absolute atomic E-state index is 0.0389. The summed E-state index contributed by atoms with van der Waals surface area (Å²) in [6.45, 7) is 1.84. The third-order valence-corrected chi connectivity index (χ3v) is 4.78. The Bertz CT molecular complexity index is 1140. The molecule has 2 aromatic carbocycles. The van der Waals surface area contributed by atoms with Crippen molar-refractivity contribution in [1.29, 1.82) is 0 Å². The molecular formula is C23H23NO7. The van der Waals surface area contributed by atoms with Crippen molar-refractivity contribution < 1.29 is 33.3 Å². The molecule has 1 aromatic heterocycles. The van der Waals surface area contributed by atoms with Crippen LogP contribution in [0.15, 0.2) is 30.3 Å². The smallest absolute Gasteiger partial charge is 0.341 e. The van der Waals surface area contributed by atoms with E-state index in [-0.39, 0.29) is 17.9 Å². The van der Waals surface area contributed by atoms with Crippen LogP contribution in [0.4, 0.5) is 0 Å². The van der Waals surface area contributed by atoms with Crippen LogP contribution in [0.2, 0.25) is 0 Å². The van der Waals surface area contributed by atoms with Gasteiger partial charge in [0.05, 0.1) is 46.1 Å². The zero-order valence-electron chi connectivity index (χ0n) is 18.0. The summed E-state index contributed by atoms with van der Waals surface area (Å²) in [6, 6.07) is 8.58. The Balaban J connectivity index is 2.48. The molecule has 0 aliphatic carbocycles. The zero-order chi connectivity index (χ0) is 22.5. The second kappa shape index (κ2) is 9.34. The molecule has 31 heavy (non-hydrogen) atoms. The molecule has 0 N–H and O–H groups in total. The van der Waals surface area contributed by atoms with Crippen LogP contribution < -0.4 is 18.9 Å². The van der Waals surface area contributed by atoms with Gasteiger partial charge < -0.3 is 23.7 Å². The molecule has 162 valence electrons. The van der Waals surface area contributed by atoms with E-state index in [1.807, 2.05) is 0 Å². The third kappa shape index (κ3) is 3.96. The number of rotatable bonds is 8. The van der Waals surface area contributed by atoms with Crippen LogP contribution in [0.25, 0.3) is 22.0 Å². The molecule has 0 spiro atoms. The lowest BCUT2D eigenvalue weighted by atomic mass is 9.93. The number of methoxy groups -OCH3 is 4. The lowest BCUT2D eigenvalue weighted by molar-refractivity contribution is 0.0524. The summed E-state index contributed by atoms with van der Waals surface area (Å²) >= 11 is 0. The van der Waals surface area contributed by atoms with Crippen molar-refractivity contribution in [3.63, 3.8) is 0 Å². The molecule has 0 aliphatic heterocycles. The number of benzene rings is 2. The molecule has 0 atom stereocenters. The summed E-state index contributed by atoms with van der Waals surface area (Å²) in [5.74, 6) is 1.23.